The zero-order valence-corrected chi connectivity index (χ0v) is 11.9. The molecule has 0 saturated heterocycles. The number of thioether (sulfide) groups is 1. The number of halogens is 3. The summed E-state index contributed by atoms with van der Waals surface area (Å²) >= 11 is 1.56. The summed E-state index contributed by atoms with van der Waals surface area (Å²) in [6, 6.07) is 5.74. The maximum atomic E-state index is 12.1. The Labute approximate surface area is 119 Å². The van der Waals surface area contributed by atoms with Gasteiger partial charge in [0.15, 0.2) is 5.17 Å². The molecule has 0 atom stereocenters. The summed E-state index contributed by atoms with van der Waals surface area (Å²) < 4.78 is 40.3. The fourth-order valence-electron chi connectivity index (χ4n) is 1.61. The third kappa shape index (κ3) is 4.63. The first-order chi connectivity index (χ1) is 9.23. The van der Waals surface area contributed by atoms with Crippen LogP contribution in [-0.4, -0.2) is 23.8 Å². The molecule has 0 aromatic heterocycles. The van der Waals surface area contributed by atoms with Crippen LogP contribution in [0.1, 0.15) is 13.8 Å². The van der Waals surface area contributed by atoms with Gasteiger partial charge in [-0.3, -0.25) is 4.99 Å². The van der Waals surface area contributed by atoms with E-state index in [9.17, 15) is 13.2 Å². The summed E-state index contributed by atoms with van der Waals surface area (Å²) in [5.41, 5.74) is 0.676. The van der Waals surface area contributed by atoms with Gasteiger partial charge in [-0.15, -0.1) is 13.2 Å². The second-order valence-electron chi connectivity index (χ2n) is 5.27. The first-order valence-corrected chi connectivity index (χ1v) is 7.02. The first-order valence-electron chi connectivity index (χ1n) is 6.04. The zero-order valence-electron chi connectivity index (χ0n) is 11.1. The number of hydrogen-bond acceptors (Lipinski definition) is 4. The number of amidine groups is 1. The molecule has 0 amide bonds. The standard InChI is InChI=1S/C13H15F3N2OS/c1-12(2)7-17-11(20-8-12)18-9-4-3-5-10(6-9)19-13(14,15)16/h3-6H,7-8H2,1-2H3,(H,17,18). The van der Waals surface area contributed by atoms with Crippen molar-refractivity contribution in [2.45, 2.75) is 20.2 Å². The van der Waals surface area contributed by atoms with E-state index in [1.54, 1.807) is 17.8 Å². The van der Waals surface area contributed by atoms with Gasteiger partial charge in [0.05, 0.1) is 0 Å². The lowest BCUT2D eigenvalue weighted by Crippen LogP contribution is -2.27. The SMILES string of the molecule is CC1(C)CN=C(Nc2cccc(OC(F)(F)F)c2)SC1. The molecule has 7 heteroatoms. The van der Waals surface area contributed by atoms with E-state index in [1.807, 2.05) is 0 Å². The van der Waals surface area contributed by atoms with Crippen LogP contribution in [0.5, 0.6) is 5.75 Å². The molecule has 3 nitrogen and oxygen atoms in total. The van der Waals surface area contributed by atoms with E-state index in [4.69, 9.17) is 0 Å². The quantitative estimate of drug-likeness (QED) is 0.892. The Morgan fingerprint density at radius 2 is 2.10 bits per heavy atom. The Balaban J connectivity index is 2.04. The van der Waals surface area contributed by atoms with E-state index in [1.165, 1.54) is 18.2 Å². The van der Waals surface area contributed by atoms with E-state index >= 15 is 0 Å². The van der Waals surface area contributed by atoms with Gasteiger partial charge in [0.1, 0.15) is 5.75 Å². The van der Waals surface area contributed by atoms with Gasteiger partial charge < -0.3 is 10.1 Å². The number of nitrogens with one attached hydrogen (secondary N) is 1. The van der Waals surface area contributed by atoms with Crippen LogP contribution < -0.4 is 10.1 Å². The van der Waals surface area contributed by atoms with Gasteiger partial charge in [0.25, 0.3) is 0 Å². The summed E-state index contributed by atoms with van der Waals surface area (Å²) in [6.07, 6.45) is -4.68. The molecular weight excluding hydrogens is 289 g/mol. The lowest BCUT2D eigenvalue weighted by Gasteiger charge is -2.27. The van der Waals surface area contributed by atoms with Gasteiger partial charge in [-0.2, -0.15) is 0 Å². The van der Waals surface area contributed by atoms with E-state index in [0.717, 1.165) is 5.75 Å². The smallest absolute Gasteiger partial charge is 0.406 e. The largest absolute Gasteiger partial charge is 0.573 e. The molecule has 1 aromatic carbocycles. The zero-order chi connectivity index (χ0) is 14.8. The second-order valence-corrected chi connectivity index (χ2v) is 6.24. The fraction of sp³-hybridized carbons (Fsp3) is 0.462. The van der Waals surface area contributed by atoms with Gasteiger partial charge in [-0.05, 0) is 17.5 Å². The first kappa shape index (κ1) is 15.0. The summed E-state index contributed by atoms with van der Waals surface area (Å²) in [5.74, 6) is 0.668. The van der Waals surface area contributed by atoms with Gasteiger partial charge in [-0.25, -0.2) is 0 Å². The molecule has 0 radical (unpaired) electrons. The predicted octanol–water partition coefficient (Wildman–Crippen LogP) is 4.13. The van der Waals surface area contributed by atoms with Crippen LogP contribution in [0.25, 0.3) is 0 Å². The topological polar surface area (TPSA) is 33.6 Å². The molecule has 20 heavy (non-hydrogen) atoms. The molecule has 1 aliphatic rings. The van der Waals surface area contributed by atoms with Crippen LogP contribution in [-0.2, 0) is 0 Å². The van der Waals surface area contributed by atoms with Crippen LogP contribution in [0.3, 0.4) is 0 Å². The fourth-order valence-corrected chi connectivity index (χ4v) is 2.58. The van der Waals surface area contributed by atoms with Gasteiger partial charge in [0, 0.05) is 24.1 Å². The summed E-state index contributed by atoms with van der Waals surface area (Å²) in [6.45, 7) is 4.94. The molecule has 1 aromatic rings. The number of nitrogens with zero attached hydrogens (tertiary/aromatic N) is 1. The normalized spacial score (nSPS) is 18.4. The van der Waals surface area contributed by atoms with E-state index in [-0.39, 0.29) is 11.2 Å². The summed E-state index contributed by atoms with van der Waals surface area (Å²) in [7, 11) is 0. The van der Waals surface area contributed by atoms with Crippen molar-refractivity contribution >= 4 is 22.6 Å². The lowest BCUT2D eigenvalue weighted by molar-refractivity contribution is -0.274. The van der Waals surface area contributed by atoms with Crippen molar-refractivity contribution in [3.05, 3.63) is 24.3 Å². The van der Waals surface area contributed by atoms with Gasteiger partial charge in [0.2, 0.25) is 0 Å². The molecule has 0 saturated carbocycles. The maximum Gasteiger partial charge on any atom is 0.573 e. The molecule has 0 bridgehead atoms. The highest BCUT2D eigenvalue weighted by molar-refractivity contribution is 8.14. The Hall–Kier alpha value is -1.37. The molecule has 1 heterocycles. The number of benzene rings is 1. The van der Waals surface area contributed by atoms with Gasteiger partial charge in [-0.1, -0.05) is 31.7 Å². The Morgan fingerprint density at radius 3 is 2.70 bits per heavy atom. The van der Waals surface area contributed by atoms with Crippen molar-refractivity contribution in [1.82, 2.24) is 0 Å². The predicted molar refractivity (Wildman–Crippen MR) is 75.3 cm³/mol. The minimum Gasteiger partial charge on any atom is -0.406 e. The highest BCUT2D eigenvalue weighted by atomic mass is 32.2. The monoisotopic (exact) mass is 304 g/mol. The molecule has 0 spiro atoms. The highest BCUT2D eigenvalue weighted by Crippen LogP contribution is 2.29. The number of alkyl halides is 3. The molecule has 0 unspecified atom stereocenters. The van der Waals surface area contributed by atoms with Crippen molar-refractivity contribution in [3.63, 3.8) is 0 Å². The van der Waals surface area contributed by atoms with Crippen LogP contribution in [0.2, 0.25) is 0 Å². The third-order valence-corrected chi connectivity index (χ3v) is 4.00. The highest BCUT2D eigenvalue weighted by Gasteiger charge is 2.31. The minimum atomic E-state index is -4.68. The second kappa shape index (κ2) is 5.55. The van der Waals surface area contributed by atoms with Crippen LogP contribution in [0.4, 0.5) is 18.9 Å². The number of rotatable bonds is 2. The van der Waals surface area contributed by atoms with Crippen molar-refractivity contribution in [1.29, 1.82) is 0 Å². The van der Waals surface area contributed by atoms with Crippen molar-refractivity contribution < 1.29 is 17.9 Å². The van der Waals surface area contributed by atoms with Gasteiger partial charge >= 0.3 is 6.36 Å². The Morgan fingerprint density at radius 1 is 1.35 bits per heavy atom. The number of ether oxygens (including phenoxy) is 1. The van der Waals surface area contributed by atoms with E-state index in [0.29, 0.717) is 17.4 Å². The number of hydrogen-bond donors (Lipinski definition) is 1. The van der Waals surface area contributed by atoms with Crippen molar-refractivity contribution in [2.24, 2.45) is 10.4 Å². The van der Waals surface area contributed by atoms with Crippen LogP contribution >= 0.6 is 11.8 Å². The number of anilines is 1. The lowest BCUT2D eigenvalue weighted by atomic mass is 9.97. The van der Waals surface area contributed by atoms with Crippen molar-refractivity contribution in [2.75, 3.05) is 17.6 Å². The molecule has 0 aliphatic carbocycles. The summed E-state index contributed by atoms with van der Waals surface area (Å²) in [5, 5.41) is 3.73. The van der Waals surface area contributed by atoms with Crippen molar-refractivity contribution in [3.8, 4) is 5.75 Å². The molecule has 0 fully saturated rings. The molecular formula is C13H15F3N2OS. The maximum absolute atomic E-state index is 12.1. The van der Waals surface area contributed by atoms with E-state index in [2.05, 4.69) is 28.9 Å². The van der Waals surface area contributed by atoms with E-state index < -0.39 is 6.36 Å². The average molecular weight is 304 g/mol. The Bertz CT molecular complexity index is 515. The van der Waals surface area contributed by atoms with Crippen LogP contribution in [0, 0.1) is 5.41 Å². The Kier molecular flexibility index (Phi) is 4.17. The summed E-state index contributed by atoms with van der Waals surface area (Å²) in [4.78, 5) is 4.39. The number of aliphatic imine (C=N–C) groups is 1. The van der Waals surface area contributed by atoms with Crippen LogP contribution in [0.15, 0.2) is 29.3 Å². The average Bonchev–Trinajstić information content (AvgIpc) is 2.30. The minimum absolute atomic E-state index is 0.150. The third-order valence-electron chi connectivity index (χ3n) is 2.57. The molecule has 2 rings (SSSR count). The molecule has 110 valence electrons. The molecule has 1 N–H and O–H groups in total. The molecule has 1 aliphatic heterocycles.